The van der Waals surface area contributed by atoms with E-state index in [0.717, 1.165) is 21.6 Å². The van der Waals surface area contributed by atoms with Crippen molar-refractivity contribution in [3.63, 3.8) is 0 Å². The highest BCUT2D eigenvalue weighted by Crippen LogP contribution is 2.50. The zero-order chi connectivity index (χ0) is 22.0. The number of thioether (sulfide) groups is 1. The quantitative estimate of drug-likeness (QED) is 0.392. The topological polar surface area (TPSA) is 52.6 Å². The predicted octanol–water partition coefficient (Wildman–Crippen LogP) is 5.50. The van der Waals surface area contributed by atoms with Gasteiger partial charge in [0.05, 0.1) is 6.10 Å². The minimum absolute atomic E-state index is 0.0760. The van der Waals surface area contributed by atoms with E-state index >= 15 is 0 Å². The maximum atomic E-state index is 13.5. The highest BCUT2D eigenvalue weighted by molar-refractivity contribution is 7.98. The molecule has 6 rings (SSSR count). The van der Waals surface area contributed by atoms with E-state index in [1.54, 1.807) is 23.9 Å². The molecule has 0 N–H and O–H groups in total. The molecule has 3 aromatic carbocycles. The van der Waals surface area contributed by atoms with E-state index in [1.165, 1.54) is 0 Å². The molecule has 32 heavy (non-hydrogen) atoms. The van der Waals surface area contributed by atoms with Crippen LogP contribution in [0, 0.1) is 0 Å². The first-order chi connectivity index (χ1) is 15.4. The molecule has 0 saturated carbocycles. The Kier molecular flexibility index (Phi) is 4.44. The van der Waals surface area contributed by atoms with Crippen molar-refractivity contribution < 1.29 is 19.1 Å². The maximum Gasteiger partial charge on any atom is 0.194 e. The van der Waals surface area contributed by atoms with E-state index in [1.807, 2.05) is 50.2 Å². The van der Waals surface area contributed by atoms with E-state index in [2.05, 4.69) is 12.1 Å². The number of hydrogen-bond acceptors (Lipinski definition) is 5. The number of fused-ring (bicyclic) bond motifs is 6. The van der Waals surface area contributed by atoms with Gasteiger partial charge in [-0.25, -0.2) is 0 Å². The van der Waals surface area contributed by atoms with Crippen molar-refractivity contribution in [2.75, 3.05) is 0 Å². The monoisotopic (exact) mass is 442 g/mol. The lowest BCUT2D eigenvalue weighted by Gasteiger charge is -2.25. The van der Waals surface area contributed by atoms with Crippen molar-refractivity contribution in [1.82, 2.24) is 0 Å². The van der Waals surface area contributed by atoms with Crippen molar-refractivity contribution in [1.29, 1.82) is 0 Å². The molecular formula is C27H22O4S. The average molecular weight is 443 g/mol. The summed E-state index contributed by atoms with van der Waals surface area (Å²) in [6, 6.07) is 19.2. The molecular weight excluding hydrogens is 420 g/mol. The molecule has 1 aliphatic heterocycles. The molecule has 0 spiro atoms. The van der Waals surface area contributed by atoms with Gasteiger partial charge in [0.25, 0.3) is 0 Å². The van der Waals surface area contributed by atoms with Crippen LogP contribution in [0.3, 0.4) is 0 Å². The van der Waals surface area contributed by atoms with Gasteiger partial charge in [-0.1, -0.05) is 42.5 Å². The van der Waals surface area contributed by atoms with Crippen molar-refractivity contribution >= 4 is 23.3 Å². The number of rotatable bonds is 3. The second-order valence-corrected chi connectivity index (χ2v) is 10.0. The lowest BCUT2D eigenvalue weighted by molar-refractivity contribution is -0.148. The molecule has 2 unspecified atom stereocenters. The molecule has 160 valence electrons. The Morgan fingerprint density at radius 3 is 2.34 bits per heavy atom. The van der Waals surface area contributed by atoms with E-state index in [-0.39, 0.29) is 23.8 Å². The predicted molar refractivity (Wildman–Crippen MR) is 122 cm³/mol. The van der Waals surface area contributed by atoms with Crippen LogP contribution in [0.5, 0.6) is 0 Å². The molecule has 4 nitrogen and oxygen atoms in total. The molecule has 0 radical (unpaired) electrons. The number of benzene rings is 3. The summed E-state index contributed by atoms with van der Waals surface area (Å²) in [6.07, 6.45) is 0.209. The van der Waals surface area contributed by atoms with E-state index in [9.17, 15) is 9.59 Å². The maximum absolute atomic E-state index is 13.5. The Balaban J connectivity index is 1.51. The van der Waals surface area contributed by atoms with Gasteiger partial charge in [0.1, 0.15) is 6.10 Å². The van der Waals surface area contributed by atoms with Crippen LogP contribution in [0.2, 0.25) is 0 Å². The lowest BCUT2D eigenvalue weighted by Crippen LogP contribution is -2.25. The zero-order valence-corrected chi connectivity index (χ0v) is 18.7. The SMILES string of the molecule is CC1(C)OC2Cc3c4c(cc(CSc5ccccc5)c3C2O1)C(=O)c1ccccc1C4=O. The van der Waals surface area contributed by atoms with Gasteiger partial charge in [0, 0.05) is 39.3 Å². The summed E-state index contributed by atoms with van der Waals surface area (Å²) in [6.45, 7) is 3.85. The third-order valence-corrected chi connectivity index (χ3v) is 7.52. The summed E-state index contributed by atoms with van der Waals surface area (Å²) in [7, 11) is 0. The summed E-state index contributed by atoms with van der Waals surface area (Å²) < 4.78 is 12.5. The molecule has 0 amide bonds. The van der Waals surface area contributed by atoms with Crippen molar-refractivity contribution in [3.05, 3.63) is 99.6 Å². The van der Waals surface area contributed by atoms with Crippen LogP contribution in [0.15, 0.2) is 65.6 Å². The first-order valence-corrected chi connectivity index (χ1v) is 11.8. The van der Waals surface area contributed by atoms with Gasteiger partial charge in [-0.05, 0) is 48.7 Å². The van der Waals surface area contributed by atoms with Gasteiger partial charge in [-0.15, -0.1) is 11.8 Å². The van der Waals surface area contributed by atoms with E-state index in [4.69, 9.17) is 9.47 Å². The first-order valence-electron chi connectivity index (χ1n) is 10.8. The van der Waals surface area contributed by atoms with Crippen molar-refractivity contribution in [2.45, 2.75) is 48.9 Å². The fraction of sp³-hybridized carbons (Fsp3) is 0.259. The lowest BCUT2D eigenvalue weighted by atomic mass is 9.79. The second kappa shape index (κ2) is 7.14. The molecule has 5 heteroatoms. The molecule has 1 fully saturated rings. The minimum Gasteiger partial charge on any atom is -0.344 e. The Bertz CT molecular complexity index is 1280. The molecule has 1 heterocycles. The van der Waals surface area contributed by atoms with Gasteiger partial charge in [0.2, 0.25) is 0 Å². The highest BCUT2D eigenvalue weighted by atomic mass is 32.2. The molecule has 2 atom stereocenters. The third-order valence-electron chi connectivity index (χ3n) is 6.46. The number of carbonyl (C=O) groups is 2. The van der Waals surface area contributed by atoms with Gasteiger partial charge in [-0.2, -0.15) is 0 Å². The summed E-state index contributed by atoms with van der Waals surface area (Å²) >= 11 is 1.72. The second-order valence-electron chi connectivity index (χ2n) is 8.95. The molecule has 3 aromatic rings. The third kappa shape index (κ3) is 2.99. The molecule has 3 aliphatic rings. The largest absolute Gasteiger partial charge is 0.344 e. The summed E-state index contributed by atoms with van der Waals surface area (Å²) in [4.78, 5) is 28.1. The van der Waals surface area contributed by atoms with Gasteiger partial charge in [0.15, 0.2) is 17.4 Å². The molecule has 0 bridgehead atoms. The van der Waals surface area contributed by atoms with Crippen LogP contribution in [0.25, 0.3) is 0 Å². The van der Waals surface area contributed by atoms with Crippen LogP contribution in [-0.2, 0) is 21.6 Å². The fourth-order valence-electron chi connectivity index (χ4n) is 5.21. The van der Waals surface area contributed by atoms with Gasteiger partial charge < -0.3 is 9.47 Å². The highest BCUT2D eigenvalue weighted by Gasteiger charge is 2.50. The van der Waals surface area contributed by atoms with Gasteiger partial charge in [-0.3, -0.25) is 9.59 Å². The number of carbonyl (C=O) groups excluding carboxylic acids is 2. The minimum atomic E-state index is -0.667. The summed E-state index contributed by atoms with van der Waals surface area (Å²) in [5.41, 5.74) is 5.01. The van der Waals surface area contributed by atoms with Crippen LogP contribution in [0.4, 0.5) is 0 Å². The smallest absolute Gasteiger partial charge is 0.194 e. The Morgan fingerprint density at radius 2 is 1.59 bits per heavy atom. The average Bonchev–Trinajstić information content (AvgIpc) is 3.28. The standard InChI is InChI=1S/C27H22O4S/c1-27(2)30-21-13-19-22(26(21)31-27)15(14-32-16-8-4-3-5-9-16)12-20-23(19)25(29)18-11-7-6-10-17(18)24(20)28/h3-12,21,26H,13-14H2,1-2H3. The van der Waals surface area contributed by atoms with Crippen LogP contribution >= 0.6 is 11.8 Å². The Hall–Kier alpha value is -2.73. The number of ketones is 2. The number of ether oxygens (including phenoxy) is 2. The summed E-state index contributed by atoms with van der Waals surface area (Å²) in [5.74, 6) is -0.134. The zero-order valence-electron chi connectivity index (χ0n) is 17.9. The van der Waals surface area contributed by atoms with Crippen LogP contribution < -0.4 is 0 Å². The molecule has 2 aliphatic carbocycles. The van der Waals surface area contributed by atoms with Crippen molar-refractivity contribution in [2.24, 2.45) is 0 Å². The Labute approximate surface area is 190 Å². The molecule has 1 saturated heterocycles. The fourth-order valence-corrected chi connectivity index (χ4v) is 6.12. The summed E-state index contributed by atoms with van der Waals surface area (Å²) in [5, 5.41) is 0. The van der Waals surface area contributed by atoms with E-state index in [0.29, 0.717) is 34.4 Å². The number of hydrogen-bond donors (Lipinski definition) is 0. The van der Waals surface area contributed by atoms with Crippen LogP contribution in [0.1, 0.15) is 68.5 Å². The van der Waals surface area contributed by atoms with Crippen molar-refractivity contribution in [3.8, 4) is 0 Å². The van der Waals surface area contributed by atoms with Gasteiger partial charge >= 0.3 is 0 Å². The van der Waals surface area contributed by atoms with E-state index < -0.39 is 5.79 Å². The van der Waals surface area contributed by atoms with Crippen LogP contribution in [-0.4, -0.2) is 23.5 Å². The first kappa shape index (κ1) is 19.9. The normalized spacial score (nSPS) is 22.3. The Morgan fingerprint density at radius 1 is 0.906 bits per heavy atom. The molecule has 0 aromatic heterocycles.